The molecule has 2 amide bonds. The minimum absolute atomic E-state index is 0.172. The van der Waals surface area contributed by atoms with Crippen molar-refractivity contribution in [3.63, 3.8) is 0 Å². The van der Waals surface area contributed by atoms with Crippen LogP contribution in [0.2, 0.25) is 0 Å². The van der Waals surface area contributed by atoms with Gasteiger partial charge in [-0.1, -0.05) is 23.8 Å². The number of hydrogen-bond donors (Lipinski definition) is 0. The standard InChI is InChI=1S/C20H17NO4S/c1-12-7-8-15-16(10-12)19(23)21(18(15)22)13-4-2-5-14(11-13)25-20(24)17-6-3-9-26-17/h2-7,9,11,15-16H,8,10H2,1H3/t15-,16+/m1/s1. The monoisotopic (exact) mass is 367 g/mol. The van der Waals surface area contributed by atoms with Gasteiger partial charge in [-0.3, -0.25) is 9.59 Å². The van der Waals surface area contributed by atoms with Crippen LogP contribution >= 0.6 is 11.3 Å². The first kappa shape index (κ1) is 16.7. The summed E-state index contributed by atoms with van der Waals surface area (Å²) in [6, 6.07) is 10.0. The molecule has 2 atom stereocenters. The summed E-state index contributed by atoms with van der Waals surface area (Å²) >= 11 is 1.30. The van der Waals surface area contributed by atoms with Crippen LogP contribution in [0, 0.1) is 11.8 Å². The number of allylic oxidation sites excluding steroid dienone is 2. The molecule has 0 spiro atoms. The van der Waals surface area contributed by atoms with Crippen molar-refractivity contribution in [2.75, 3.05) is 4.90 Å². The van der Waals surface area contributed by atoms with Crippen LogP contribution in [-0.2, 0) is 9.59 Å². The third-order valence-corrected chi connectivity index (χ3v) is 5.68. The first-order valence-corrected chi connectivity index (χ1v) is 9.32. The number of hydrogen-bond acceptors (Lipinski definition) is 5. The molecule has 132 valence electrons. The fraction of sp³-hybridized carbons (Fsp3) is 0.250. The molecule has 1 saturated heterocycles. The Morgan fingerprint density at radius 1 is 1.15 bits per heavy atom. The molecule has 0 N–H and O–H groups in total. The maximum atomic E-state index is 12.8. The topological polar surface area (TPSA) is 63.7 Å². The molecule has 0 bridgehead atoms. The molecule has 4 rings (SSSR count). The maximum absolute atomic E-state index is 12.8. The first-order valence-electron chi connectivity index (χ1n) is 8.44. The molecule has 1 fully saturated rings. The number of carbonyl (C=O) groups is 3. The zero-order chi connectivity index (χ0) is 18.3. The number of thiophene rings is 1. The minimum Gasteiger partial charge on any atom is -0.422 e. The smallest absolute Gasteiger partial charge is 0.353 e. The second-order valence-electron chi connectivity index (χ2n) is 6.58. The number of ether oxygens (including phenoxy) is 1. The van der Waals surface area contributed by atoms with Gasteiger partial charge in [-0.25, -0.2) is 9.69 Å². The van der Waals surface area contributed by atoms with Gasteiger partial charge < -0.3 is 4.74 Å². The van der Waals surface area contributed by atoms with Crippen molar-refractivity contribution in [1.82, 2.24) is 0 Å². The summed E-state index contributed by atoms with van der Waals surface area (Å²) in [5, 5.41) is 1.80. The van der Waals surface area contributed by atoms with Gasteiger partial charge in [0.15, 0.2) is 0 Å². The first-order chi connectivity index (χ1) is 12.5. The van der Waals surface area contributed by atoms with Gasteiger partial charge in [0.1, 0.15) is 10.6 Å². The Hall–Kier alpha value is -2.73. The van der Waals surface area contributed by atoms with E-state index < -0.39 is 5.97 Å². The van der Waals surface area contributed by atoms with E-state index in [0.29, 0.717) is 29.2 Å². The molecule has 0 saturated carbocycles. The van der Waals surface area contributed by atoms with Crippen molar-refractivity contribution < 1.29 is 19.1 Å². The molecular weight excluding hydrogens is 350 g/mol. The third kappa shape index (κ3) is 2.86. The Balaban J connectivity index is 1.58. The molecule has 1 aromatic carbocycles. The summed E-state index contributed by atoms with van der Waals surface area (Å²) in [7, 11) is 0. The van der Waals surface area contributed by atoms with Gasteiger partial charge in [0.2, 0.25) is 11.8 Å². The van der Waals surface area contributed by atoms with E-state index in [4.69, 9.17) is 4.74 Å². The SMILES string of the molecule is CC1=CC[C@H]2C(=O)N(c3cccc(OC(=O)c4cccs4)c3)C(=O)[C@H]2C1. The zero-order valence-corrected chi connectivity index (χ0v) is 15.0. The van der Waals surface area contributed by atoms with Gasteiger partial charge in [-0.2, -0.15) is 0 Å². The highest BCUT2D eigenvalue weighted by Crippen LogP contribution is 2.40. The fourth-order valence-corrected chi connectivity index (χ4v) is 4.13. The van der Waals surface area contributed by atoms with Gasteiger partial charge in [0, 0.05) is 6.07 Å². The van der Waals surface area contributed by atoms with E-state index in [1.807, 2.05) is 13.0 Å². The lowest BCUT2D eigenvalue weighted by molar-refractivity contribution is -0.122. The molecule has 2 aromatic rings. The molecule has 0 radical (unpaired) electrons. The van der Waals surface area contributed by atoms with E-state index in [0.717, 1.165) is 5.57 Å². The van der Waals surface area contributed by atoms with Crippen LogP contribution in [0.3, 0.4) is 0 Å². The van der Waals surface area contributed by atoms with Gasteiger partial charge >= 0.3 is 5.97 Å². The second kappa shape index (κ2) is 6.53. The lowest BCUT2D eigenvalue weighted by atomic mass is 9.82. The number of fused-ring (bicyclic) bond motifs is 1. The molecule has 1 aliphatic heterocycles. The second-order valence-corrected chi connectivity index (χ2v) is 7.53. The van der Waals surface area contributed by atoms with Crippen molar-refractivity contribution in [1.29, 1.82) is 0 Å². The number of rotatable bonds is 3. The number of carbonyl (C=O) groups excluding carboxylic acids is 3. The zero-order valence-electron chi connectivity index (χ0n) is 14.2. The van der Waals surface area contributed by atoms with Crippen LogP contribution in [0.25, 0.3) is 0 Å². The Morgan fingerprint density at radius 2 is 1.96 bits per heavy atom. The molecule has 5 nitrogen and oxygen atoms in total. The van der Waals surface area contributed by atoms with Crippen LogP contribution in [-0.4, -0.2) is 17.8 Å². The summed E-state index contributed by atoms with van der Waals surface area (Å²) in [5.74, 6) is -1.07. The van der Waals surface area contributed by atoms with Crippen LogP contribution in [0.5, 0.6) is 5.75 Å². The summed E-state index contributed by atoms with van der Waals surface area (Å²) < 4.78 is 5.38. The summed E-state index contributed by atoms with van der Waals surface area (Å²) in [5.41, 5.74) is 1.59. The summed E-state index contributed by atoms with van der Waals surface area (Å²) in [6.07, 6.45) is 3.26. The predicted octanol–water partition coefficient (Wildman–Crippen LogP) is 3.81. The largest absolute Gasteiger partial charge is 0.422 e. The van der Waals surface area contributed by atoms with Crippen LogP contribution in [0.1, 0.15) is 29.4 Å². The molecule has 2 aliphatic rings. The fourth-order valence-electron chi connectivity index (χ4n) is 3.53. The quantitative estimate of drug-likeness (QED) is 0.358. The Morgan fingerprint density at radius 3 is 2.73 bits per heavy atom. The number of benzene rings is 1. The average molecular weight is 367 g/mol. The number of amides is 2. The van der Waals surface area contributed by atoms with Gasteiger partial charge in [0.25, 0.3) is 0 Å². The highest BCUT2D eigenvalue weighted by atomic mass is 32.1. The van der Waals surface area contributed by atoms with Crippen LogP contribution in [0.15, 0.2) is 53.4 Å². The van der Waals surface area contributed by atoms with Crippen molar-refractivity contribution >= 4 is 34.8 Å². The Kier molecular flexibility index (Phi) is 4.20. The van der Waals surface area contributed by atoms with Crippen molar-refractivity contribution in [2.45, 2.75) is 19.8 Å². The van der Waals surface area contributed by atoms with E-state index in [1.54, 1.807) is 41.8 Å². The Labute approximate surface area is 154 Å². The molecule has 26 heavy (non-hydrogen) atoms. The maximum Gasteiger partial charge on any atom is 0.353 e. The number of anilines is 1. The highest BCUT2D eigenvalue weighted by Gasteiger charge is 2.48. The minimum atomic E-state index is -0.454. The van der Waals surface area contributed by atoms with Crippen molar-refractivity contribution in [2.24, 2.45) is 11.8 Å². The molecule has 2 heterocycles. The van der Waals surface area contributed by atoms with E-state index in [-0.39, 0.29) is 23.7 Å². The van der Waals surface area contributed by atoms with Crippen molar-refractivity contribution in [3.8, 4) is 5.75 Å². The normalized spacial score (nSPS) is 22.2. The molecular formula is C20H17NO4S. The lowest BCUT2D eigenvalue weighted by Gasteiger charge is -2.18. The molecule has 1 aliphatic carbocycles. The summed E-state index contributed by atoms with van der Waals surface area (Å²) in [6.45, 7) is 1.99. The Bertz CT molecular complexity index is 916. The average Bonchev–Trinajstić information content (AvgIpc) is 3.23. The van der Waals surface area contributed by atoms with Crippen molar-refractivity contribution in [3.05, 3.63) is 58.3 Å². The summed E-state index contributed by atoms with van der Waals surface area (Å²) in [4.78, 5) is 39.4. The molecule has 0 unspecified atom stereocenters. The number of esters is 1. The van der Waals surface area contributed by atoms with E-state index >= 15 is 0 Å². The number of imide groups is 1. The van der Waals surface area contributed by atoms with E-state index in [2.05, 4.69) is 0 Å². The van der Waals surface area contributed by atoms with Crippen LogP contribution in [0.4, 0.5) is 5.69 Å². The van der Waals surface area contributed by atoms with E-state index in [9.17, 15) is 14.4 Å². The van der Waals surface area contributed by atoms with Gasteiger partial charge in [-0.15, -0.1) is 11.3 Å². The predicted molar refractivity (Wildman–Crippen MR) is 98.2 cm³/mol. The molecule has 1 aromatic heterocycles. The molecule has 6 heteroatoms. The van der Waals surface area contributed by atoms with Crippen LogP contribution < -0.4 is 9.64 Å². The lowest BCUT2D eigenvalue weighted by Crippen LogP contribution is -2.30. The van der Waals surface area contributed by atoms with Gasteiger partial charge in [0.05, 0.1) is 17.5 Å². The third-order valence-electron chi connectivity index (χ3n) is 4.83. The highest BCUT2D eigenvalue weighted by molar-refractivity contribution is 7.12. The van der Waals surface area contributed by atoms with Gasteiger partial charge in [-0.05, 0) is 43.3 Å². The van der Waals surface area contributed by atoms with E-state index in [1.165, 1.54) is 16.2 Å². The number of nitrogens with zero attached hydrogens (tertiary/aromatic N) is 1.